The number of hydrogen-bond acceptors (Lipinski definition) is 5. The van der Waals surface area contributed by atoms with Crippen molar-refractivity contribution in [3.8, 4) is 0 Å². The topological polar surface area (TPSA) is 98.7 Å². The van der Waals surface area contributed by atoms with Gasteiger partial charge in [0.15, 0.2) is 0 Å². The maximum Gasteiger partial charge on any atom is 0.257 e. The molecule has 7 nitrogen and oxygen atoms in total. The standard InChI is InChI=1S/C27H31N3O4S/c1-19-5-7-22-20(17-19)3-2-4-24(22)28-26(32)23-8-6-21(29-35(33,34)16-15-31)18-25(23)30-13-11-27(9-10-27)12-14-30/h2-8,17-18,29,31H,9-16H2,1H3,(H,28,32). The van der Waals surface area contributed by atoms with Crippen LogP contribution in [0.1, 0.15) is 41.6 Å². The van der Waals surface area contributed by atoms with Gasteiger partial charge in [0, 0.05) is 24.2 Å². The molecule has 2 aliphatic rings. The van der Waals surface area contributed by atoms with E-state index in [1.165, 1.54) is 12.8 Å². The van der Waals surface area contributed by atoms with Crippen LogP contribution in [-0.2, 0) is 10.0 Å². The third-order valence-corrected chi connectivity index (χ3v) is 8.55. The Kier molecular flexibility index (Phi) is 6.19. The fourth-order valence-electron chi connectivity index (χ4n) is 5.00. The second-order valence-electron chi connectivity index (χ2n) is 9.85. The summed E-state index contributed by atoms with van der Waals surface area (Å²) in [6.45, 7) is 3.25. The van der Waals surface area contributed by atoms with Crippen molar-refractivity contribution < 1.29 is 18.3 Å². The molecule has 1 saturated heterocycles. The van der Waals surface area contributed by atoms with Crippen molar-refractivity contribution in [1.29, 1.82) is 0 Å². The summed E-state index contributed by atoms with van der Waals surface area (Å²) in [5, 5.41) is 14.2. The molecular weight excluding hydrogens is 462 g/mol. The Balaban J connectivity index is 1.46. The molecule has 3 aromatic carbocycles. The number of nitrogens with one attached hydrogen (secondary N) is 2. The van der Waals surface area contributed by atoms with E-state index in [0.29, 0.717) is 16.7 Å². The van der Waals surface area contributed by atoms with Crippen molar-refractivity contribution >= 4 is 43.8 Å². The minimum atomic E-state index is -3.67. The molecule has 3 aromatic rings. The van der Waals surface area contributed by atoms with Crippen LogP contribution in [0.3, 0.4) is 0 Å². The zero-order valence-corrected chi connectivity index (χ0v) is 20.7. The first-order chi connectivity index (χ1) is 16.8. The normalized spacial score (nSPS) is 16.9. The lowest BCUT2D eigenvalue weighted by atomic mass is 9.93. The number of sulfonamides is 1. The van der Waals surface area contributed by atoms with E-state index in [0.717, 1.165) is 53.6 Å². The molecule has 0 radical (unpaired) electrons. The zero-order chi connectivity index (χ0) is 24.6. The van der Waals surface area contributed by atoms with E-state index in [9.17, 15) is 13.2 Å². The maximum absolute atomic E-state index is 13.5. The van der Waals surface area contributed by atoms with E-state index in [-0.39, 0.29) is 11.7 Å². The third kappa shape index (κ3) is 5.13. The number of aryl methyl sites for hydroxylation is 1. The van der Waals surface area contributed by atoms with Gasteiger partial charge in [-0.15, -0.1) is 0 Å². The number of rotatable bonds is 7. The molecule has 3 N–H and O–H groups in total. The Morgan fingerprint density at radius 3 is 2.51 bits per heavy atom. The number of piperidine rings is 1. The Labute approximate surface area is 206 Å². The van der Waals surface area contributed by atoms with E-state index < -0.39 is 16.6 Å². The van der Waals surface area contributed by atoms with Gasteiger partial charge in [0.05, 0.1) is 29.3 Å². The smallest absolute Gasteiger partial charge is 0.257 e. The number of benzene rings is 3. The molecule has 0 aromatic heterocycles. The van der Waals surface area contributed by atoms with Gasteiger partial charge < -0.3 is 15.3 Å². The molecule has 1 heterocycles. The molecular formula is C27H31N3O4S. The Morgan fingerprint density at radius 1 is 1.03 bits per heavy atom. The number of anilines is 3. The predicted molar refractivity (Wildman–Crippen MR) is 141 cm³/mol. The monoisotopic (exact) mass is 493 g/mol. The van der Waals surface area contributed by atoms with Crippen LogP contribution in [0.2, 0.25) is 0 Å². The third-order valence-electron chi connectivity index (χ3n) is 7.28. The molecule has 1 saturated carbocycles. The molecule has 1 aliphatic heterocycles. The van der Waals surface area contributed by atoms with E-state index in [1.807, 2.05) is 37.3 Å². The van der Waals surface area contributed by atoms with Crippen LogP contribution in [0.4, 0.5) is 17.1 Å². The molecule has 2 fully saturated rings. The van der Waals surface area contributed by atoms with Gasteiger partial charge in [-0.25, -0.2) is 8.42 Å². The fraction of sp³-hybridized carbons (Fsp3) is 0.370. The second kappa shape index (κ2) is 9.17. The van der Waals surface area contributed by atoms with Gasteiger partial charge in [0.1, 0.15) is 0 Å². The molecule has 1 aliphatic carbocycles. The summed E-state index contributed by atoms with van der Waals surface area (Å²) in [5.74, 6) is -0.610. The average molecular weight is 494 g/mol. The molecule has 0 atom stereocenters. The van der Waals surface area contributed by atoms with Crippen LogP contribution in [0.5, 0.6) is 0 Å². The number of aliphatic hydroxyl groups is 1. The Bertz CT molecular complexity index is 1370. The van der Waals surface area contributed by atoms with Gasteiger partial charge in [0.25, 0.3) is 5.91 Å². The summed E-state index contributed by atoms with van der Waals surface area (Å²) in [6.07, 6.45) is 4.71. The van der Waals surface area contributed by atoms with Gasteiger partial charge in [-0.2, -0.15) is 0 Å². The largest absolute Gasteiger partial charge is 0.395 e. The Morgan fingerprint density at radius 2 is 1.80 bits per heavy atom. The fourth-order valence-corrected chi connectivity index (χ4v) is 5.83. The van der Waals surface area contributed by atoms with Gasteiger partial charge in [-0.05, 0) is 67.7 Å². The first-order valence-corrected chi connectivity index (χ1v) is 13.7. The molecule has 1 spiro atoms. The van der Waals surface area contributed by atoms with Gasteiger partial charge >= 0.3 is 0 Å². The van der Waals surface area contributed by atoms with E-state index in [2.05, 4.69) is 21.0 Å². The minimum Gasteiger partial charge on any atom is -0.395 e. The highest BCUT2D eigenvalue weighted by molar-refractivity contribution is 7.92. The number of amides is 1. The summed E-state index contributed by atoms with van der Waals surface area (Å²) >= 11 is 0. The lowest BCUT2D eigenvalue weighted by Gasteiger charge is -2.35. The summed E-state index contributed by atoms with van der Waals surface area (Å²) in [4.78, 5) is 15.7. The van der Waals surface area contributed by atoms with Gasteiger partial charge in [-0.3, -0.25) is 9.52 Å². The molecule has 8 heteroatoms. The molecule has 1 amide bonds. The highest BCUT2D eigenvalue weighted by Gasteiger charge is 2.44. The van der Waals surface area contributed by atoms with E-state index >= 15 is 0 Å². The van der Waals surface area contributed by atoms with Crippen molar-refractivity contribution in [2.75, 3.05) is 40.4 Å². The van der Waals surface area contributed by atoms with Crippen molar-refractivity contribution in [3.05, 3.63) is 65.7 Å². The number of hydrogen-bond donors (Lipinski definition) is 3. The first-order valence-electron chi connectivity index (χ1n) is 12.1. The van der Waals surface area contributed by atoms with Crippen LogP contribution >= 0.6 is 0 Å². The SMILES string of the molecule is Cc1ccc2c(NC(=O)c3ccc(NS(=O)(=O)CCO)cc3N3CCC4(CC3)CC4)cccc2c1. The Hall–Kier alpha value is -3.10. The first kappa shape index (κ1) is 23.6. The molecule has 35 heavy (non-hydrogen) atoms. The number of aliphatic hydroxyl groups excluding tert-OH is 1. The molecule has 0 bridgehead atoms. The van der Waals surface area contributed by atoms with Crippen molar-refractivity contribution in [2.24, 2.45) is 5.41 Å². The number of nitrogens with zero attached hydrogens (tertiary/aromatic N) is 1. The van der Waals surface area contributed by atoms with Crippen molar-refractivity contribution in [1.82, 2.24) is 0 Å². The van der Waals surface area contributed by atoms with E-state index in [1.54, 1.807) is 18.2 Å². The summed E-state index contributed by atoms with van der Waals surface area (Å²) < 4.78 is 27.0. The van der Waals surface area contributed by atoms with Crippen LogP contribution in [0.25, 0.3) is 10.8 Å². The number of carbonyl (C=O) groups excluding carboxylic acids is 1. The van der Waals surface area contributed by atoms with Crippen LogP contribution < -0.4 is 14.9 Å². The highest BCUT2D eigenvalue weighted by Crippen LogP contribution is 2.54. The quantitative estimate of drug-likeness (QED) is 0.450. The molecule has 184 valence electrons. The molecule has 0 unspecified atom stereocenters. The van der Waals surface area contributed by atoms with Gasteiger partial charge in [-0.1, -0.05) is 35.9 Å². The molecule has 5 rings (SSSR count). The van der Waals surface area contributed by atoms with Crippen LogP contribution in [0.15, 0.2) is 54.6 Å². The van der Waals surface area contributed by atoms with Crippen molar-refractivity contribution in [2.45, 2.75) is 32.6 Å². The van der Waals surface area contributed by atoms with Crippen LogP contribution in [0, 0.1) is 12.3 Å². The number of fused-ring (bicyclic) bond motifs is 1. The average Bonchev–Trinajstić information content (AvgIpc) is 3.57. The number of carbonyl (C=O) groups is 1. The summed E-state index contributed by atoms with van der Waals surface area (Å²) in [5.41, 5.74) is 3.98. The summed E-state index contributed by atoms with van der Waals surface area (Å²) in [7, 11) is -3.67. The van der Waals surface area contributed by atoms with Crippen LogP contribution in [-0.4, -0.2) is 44.9 Å². The van der Waals surface area contributed by atoms with Gasteiger partial charge in [0.2, 0.25) is 10.0 Å². The van der Waals surface area contributed by atoms with E-state index in [4.69, 9.17) is 5.11 Å². The predicted octanol–water partition coefficient (Wildman–Crippen LogP) is 4.51. The lowest BCUT2D eigenvalue weighted by molar-refractivity contribution is 0.102. The van der Waals surface area contributed by atoms with Crippen molar-refractivity contribution in [3.63, 3.8) is 0 Å². The maximum atomic E-state index is 13.5. The second-order valence-corrected chi connectivity index (χ2v) is 11.7. The minimum absolute atomic E-state index is 0.232. The zero-order valence-electron chi connectivity index (χ0n) is 19.9. The lowest BCUT2D eigenvalue weighted by Crippen LogP contribution is -2.35. The highest BCUT2D eigenvalue weighted by atomic mass is 32.2. The summed E-state index contributed by atoms with van der Waals surface area (Å²) in [6, 6.07) is 17.0.